The molecule has 0 bridgehead atoms. The number of hydrogen-bond acceptors (Lipinski definition) is 9. The number of fused-ring (bicyclic) bond motifs is 2. The number of nitrogens with zero attached hydrogens (tertiary/aromatic N) is 3. The Labute approximate surface area is 231 Å². The topological polar surface area (TPSA) is 169 Å². The van der Waals surface area contributed by atoms with Crippen LogP contribution < -0.4 is 26.7 Å². The van der Waals surface area contributed by atoms with Crippen molar-refractivity contribution in [2.24, 2.45) is 17.0 Å². The van der Waals surface area contributed by atoms with Crippen molar-refractivity contribution in [2.75, 3.05) is 36.8 Å². The van der Waals surface area contributed by atoms with Gasteiger partial charge < -0.3 is 36.0 Å². The van der Waals surface area contributed by atoms with Crippen molar-refractivity contribution in [1.82, 2.24) is 15.2 Å². The van der Waals surface area contributed by atoms with Crippen molar-refractivity contribution >= 4 is 57.0 Å². The number of carbonyl (C=O) groups is 2. The molecule has 18 heteroatoms. The van der Waals surface area contributed by atoms with E-state index in [1.807, 2.05) is 43.4 Å². The lowest BCUT2D eigenvalue weighted by atomic mass is 10.1. The minimum Gasteiger partial charge on any atom is -0.475 e. The minimum atomic E-state index is -5.08. The van der Waals surface area contributed by atoms with Crippen LogP contribution in [0.4, 0.5) is 37.7 Å². The average molecular weight is 603 g/mol. The average Bonchev–Trinajstić information content (AvgIpc) is 3.61. The Morgan fingerprint density at radius 1 is 0.786 bits per heavy atom. The highest BCUT2D eigenvalue weighted by Gasteiger charge is 2.38. The molecule has 42 heavy (non-hydrogen) atoms. The number of carboxylic acids is 2. The molecule has 0 amide bonds. The van der Waals surface area contributed by atoms with Crippen molar-refractivity contribution in [3.8, 4) is 0 Å². The molecule has 0 saturated carbocycles. The molecule has 5 rings (SSSR count). The standard InChI is InChI=1S/C20H21N7O.2C2HF3O2/c1-27-16-5-3-12(25-19-21-6-7-22-19)10-15(16)18(28)14-4-2-13(11-17(14)27)26-20-23-8-9-24-20;2*3-2(4,5)1(6)7/h2-5,10-11H,6-9H2,1H3,(H2,21,22,25)(H2,23,24,26);2*(H,6,7). The third kappa shape index (κ3) is 8.01. The van der Waals surface area contributed by atoms with Gasteiger partial charge >= 0.3 is 24.3 Å². The van der Waals surface area contributed by atoms with Crippen LogP contribution in [-0.2, 0) is 16.6 Å². The number of halogens is 6. The van der Waals surface area contributed by atoms with Crippen LogP contribution in [-0.4, -0.2) is 77.2 Å². The zero-order valence-corrected chi connectivity index (χ0v) is 21.5. The molecule has 0 spiro atoms. The van der Waals surface area contributed by atoms with Crippen molar-refractivity contribution in [3.63, 3.8) is 0 Å². The molecule has 0 unspecified atom stereocenters. The number of carboxylic acid groups (broad SMARTS) is 2. The first-order valence-corrected chi connectivity index (χ1v) is 11.9. The number of benzene rings is 2. The number of aliphatic imine (C=N–C) groups is 2. The molecule has 0 atom stereocenters. The number of aryl methyl sites for hydroxylation is 1. The fourth-order valence-electron chi connectivity index (χ4n) is 3.68. The Morgan fingerprint density at radius 3 is 1.67 bits per heavy atom. The Balaban J connectivity index is 0.000000289. The summed E-state index contributed by atoms with van der Waals surface area (Å²) >= 11 is 0. The van der Waals surface area contributed by atoms with Crippen LogP contribution in [0.25, 0.3) is 21.8 Å². The predicted octanol–water partition coefficient (Wildman–Crippen LogP) is 2.70. The number of pyridine rings is 1. The molecule has 6 N–H and O–H groups in total. The number of hydrogen-bond donors (Lipinski definition) is 6. The SMILES string of the molecule is Cn1c2ccc(NC3=NCCN3)cc2c(=O)c2ccc(NC3=NCCN3)cc21.O=C(O)C(F)(F)F.O=C(O)C(F)(F)F. The van der Waals surface area contributed by atoms with E-state index < -0.39 is 24.3 Å². The van der Waals surface area contributed by atoms with Crippen molar-refractivity contribution in [2.45, 2.75) is 12.4 Å². The van der Waals surface area contributed by atoms with E-state index in [2.05, 4.69) is 35.8 Å². The van der Waals surface area contributed by atoms with Crippen molar-refractivity contribution in [3.05, 3.63) is 46.6 Å². The van der Waals surface area contributed by atoms with Gasteiger partial charge in [0.2, 0.25) is 0 Å². The molecular formula is C24H23F6N7O5. The fourth-order valence-corrected chi connectivity index (χ4v) is 3.68. The predicted molar refractivity (Wildman–Crippen MR) is 142 cm³/mol. The summed E-state index contributed by atoms with van der Waals surface area (Å²) in [5, 5.41) is 28.5. The first kappa shape index (κ1) is 31.5. The highest BCUT2D eigenvalue weighted by atomic mass is 19.4. The Morgan fingerprint density at radius 2 is 1.24 bits per heavy atom. The summed E-state index contributed by atoms with van der Waals surface area (Å²) < 4.78 is 65.5. The monoisotopic (exact) mass is 603 g/mol. The number of nitrogens with one attached hydrogen (secondary N) is 4. The zero-order valence-electron chi connectivity index (χ0n) is 21.5. The quantitative estimate of drug-likeness (QED) is 0.191. The van der Waals surface area contributed by atoms with Crippen LogP contribution in [0.3, 0.4) is 0 Å². The molecule has 0 fully saturated rings. The smallest absolute Gasteiger partial charge is 0.475 e. The molecule has 3 aromatic rings. The Hall–Kier alpha value is -5.03. The normalized spacial score (nSPS) is 14.4. The summed E-state index contributed by atoms with van der Waals surface area (Å²) in [6.07, 6.45) is -10.2. The number of aromatic nitrogens is 1. The molecule has 226 valence electrons. The van der Waals surface area contributed by atoms with E-state index in [0.717, 1.165) is 60.5 Å². The number of rotatable bonds is 2. The van der Waals surface area contributed by atoms with E-state index in [1.165, 1.54) is 0 Å². The molecule has 0 saturated heterocycles. The lowest BCUT2D eigenvalue weighted by molar-refractivity contribution is -0.193. The molecule has 3 heterocycles. The van der Waals surface area contributed by atoms with Crippen LogP contribution in [0.5, 0.6) is 0 Å². The van der Waals surface area contributed by atoms with Crippen LogP contribution in [0.1, 0.15) is 0 Å². The zero-order chi connectivity index (χ0) is 31.2. The van der Waals surface area contributed by atoms with E-state index in [9.17, 15) is 31.1 Å². The van der Waals surface area contributed by atoms with Gasteiger partial charge in [-0.25, -0.2) is 9.59 Å². The summed E-state index contributed by atoms with van der Waals surface area (Å²) in [5.41, 5.74) is 3.54. The van der Waals surface area contributed by atoms with E-state index in [-0.39, 0.29) is 5.43 Å². The minimum absolute atomic E-state index is 0.0240. The molecule has 2 aliphatic rings. The number of guanidine groups is 2. The highest BCUT2D eigenvalue weighted by Crippen LogP contribution is 2.24. The Kier molecular flexibility index (Phi) is 9.49. The lowest BCUT2D eigenvalue weighted by Gasteiger charge is -2.14. The summed E-state index contributed by atoms with van der Waals surface area (Å²) in [7, 11) is 1.98. The van der Waals surface area contributed by atoms with E-state index in [0.29, 0.717) is 10.8 Å². The lowest BCUT2D eigenvalue weighted by Crippen LogP contribution is -2.26. The fraction of sp³-hybridized carbons (Fsp3) is 0.292. The molecule has 0 radical (unpaired) electrons. The van der Waals surface area contributed by atoms with E-state index in [4.69, 9.17) is 19.8 Å². The molecule has 2 aromatic carbocycles. The largest absolute Gasteiger partial charge is 0.490 e. The van der Waals surface area contributed by atoms with Gasteiger partial charge in [-0.05, 0) is 36.4 Å². The van der Waals surface area contributed by atoms with Gasteiger partial charge in [-0.1, -0.05) is 0 Å². The second kappa shape index (κ2) is 12.6. The molecule has 0 aliphatic carbocycles. The van der Waals surface area contributed by atoms with Gasteiger partial charge in [-0.15, -0.1) is 0 Å². The first-order valence-electron chi connectivity index (χ1n) is 11.9. The second-order valence-corrected chi connectivity index (χ2v) is 8.52. The first-order chi connectivity index (χ1) is 19.6. The van der Waals surface area contributed by atoms with Crippen molar-refractivity contribution in [1.29, 1.82) is 0 Å². The van der Waals surface area contributed by atoms with Gasteiger partial charge in [0.25, 0.3) is 0 Å². The molecule has 2 aliphatic heterocycles. The second-order valence-electron chi connectivity index (χ2n) is 8.52. The maximum Gasteiger partial charge on any atom is 0.490 e. The summed E-state index contributed by atoms with van der Waals surface area (Å²) in [6, 6.07) is 11.6. The van der Waals surface area contributed by atoms with Crippen molar-refractivity contribution < 1.29 is 46.1 Å². The van der Waals surface area contributed by atoms with Crippen LogP contribution in [0.2, 0.25) is 0 Å². The van der Waals surface area contributed by atoms with Gasteiger partial charge in [0.05, 0.1) is 24.1 Å². The summed E-state index contributed by atoms with van der Waals surface area (Å²) in [6.45, 7) is 3.22. The van der Waals surface area contributed by atoms with Crippen LogP contribution in [0.15, 0.2) is 51.2 Å². The maximum absolute atomic E-state index is 13.1. The van der Waals surface area contributed by atoms with Gasteiger partial charge in [-0.3, -0.25) is 14.8 Å². The van der Waals surface area contributed by atoms with Gasteiger partial charge in [0, 0.05) is 42.3 Å². The van der Waals surface area contributed by atoms with Gasteiger partial charge in [0.15, 0.2) is 17.3 Å². The van der Waals surface area contributed by atoms with Crippen LogP contribution >= 0.6 is 0 Å². The summed E-state index contributed by atoms with van der Waals surface area (Å²) in [4.78, 5) is 39.6. The van der Waals surface area contributed by atoms with Crippen LogP contribution in [0, 0.1) is 0 Å². The number of aliphatic carboxylic acids is 2. The third-order valence-corrected chi connectivity index (χ3v) is 5.57. The van der Waals surface area contributed by atoms with Gasteiger partial charge in [-0.2, -0.15) is 26.3 Å². The van der Waals surface area contributed by atoms with E-state index in [1.54, 1.807) is 0 Å². The third-order valence-electron chi connectivity index (χ3n) is 5.57. The van der Waals surface area contributed by atoms with E-state index >= 15 is 0 Å². The maximum atomic E-state index is 13.1. The van der Waals surface area contributed by atoms with Gasteiger partial charge in [0.1, 0.15) is 0 Å². The Bertz CT molecular complexity index is 1590. The summed E-state index contributed by atoms with van der Waals surface area (Å²) in [5.74, 6) is -4.00. The molecule has 12 nitrogen and oxygen atoms in total. The highest BCUT2D eigenvalue weighted by molar-refractivity contribution is 6.01. The molecular weight excluding hydrogens is 580 g/mol. The number of anilines is 2. The molecule has 1 aromatic heterocycles. The number of alkyl halides is 6.